The topological polar surface area (TPSA) is 112 Å². The third-order valence-corrected chi connectivity index (χ3v) is 6.83. The number of anilines is 1. The Kier molecular flexibility index (Phi) is 8.63. The molecule has 3 rings (SSSR count). The number of fused-ring (bicyclic) bond motifs is 1. The van der Waals surface area contributed by atoms with Crippen molar-refractivity contribution in [2.75, 3.05) is 25.3 Å². The molecular weight excluding hydrogens is 452 g/mol. The number of thioether (sulfide) groups is 1. The molecule has 3 aromatic rings. The van der Waals surface area contributed by atoms with Gasteiger partial charge in [0, 0.05) is 18.4 Å². The lowest BCUT2D eigenvalue weighted by molar-refractivity contribution is -0.144. The Morgan fingerprint density at radius 1 is 1.16 bits per heavy atom. The molecule has 0 radical (unpaired) electrons. The van der Waals surface area contributed by atoms with Gasteiger partial charge < -0.3 is 14.8 Å². The fourth-order valence-corrected chi connectivity index (χ4v) is 5.02. The van der Waals surface area contributed by atoms with E-state index < -0.39 is 18.0 Å². The number of amides is 1. The summed E-state index contributed by atoms with van der Waals surface area (Å²) in [6.45, 7) is 0. The molecule has 0 bridgehead atoms. The van der Waals surface area contributed by atoms with Crippen molar-refractivity contribution in [3.8, 4) is 0 Å². The summed E-state index contributed by atoms with van der Waals surface area (Å²) >= 11 is 3.29. The van der Waals surface area contributed by atoms with Gasteiger partial charge in [-0.1, -0.05) is 23.9 Å². The zero-order valence-electron chi connectivity index (χ0n) is 17.8. The molecule has 0 saturated heterocycles. The lowest BCUT2D eigenvalue weighted by Gasteiger charge is -2.15. The summed E-state index contributed by atoms with van der Waals surface area (Å²) < 4.78 is 13.0. The summed E-state index contributed by atoms with van der Waals surface area (Å²) in [4.78, 5) is 40.2. The molecule has 170 valence electrons. The number of para-hydroxylation sites is 1. The van der Waals surface area contributed by atoms with Crippen molar-refractivity contribution in [2.24, 2.45) is 0 Å². The van der Waals surface area contributed by atoms with Crippen LogP contribution in [0.15, 0.2) is 41.0 Å². The van der Waals surface area contributed by atoms with Gasteiger partial charge in [-0.25, -0.2) is 4.98 Å². The predicted molar refractivity (Wildman–Crippen MR) is 123 cm³/mol. The number of methoxy groups -OCH3 is 2. The van der Waals surface area contributed by atoms with Crippen LogP contribution in [0.25, 0.3) is 10.2 Å². The number of nitrogens with one attached hydrogen (secondary N) is 1. The summed E-state index contributed by atoms with van der Waals surface area (Å²) in [7, 11) is 2.56. The number of benzene rings is 1. The number of thiazole rings is 1. The van der Waals surface area contributed by atoms with Gasteiger partial charge in [0.25, 0.3) is 0 Å². The SMILES string of the molecule is COC(=O)CC(CC(=O)OC)n1cc(NC(=O)CCCSc2nc3ccccc3s2)cn1. The van der Waals surface area contributed by atoms with Gasteiger partial charge in [0.2, 0.25) is 5.91 Å². The first-order chi connectivity index (χ1) is 15.5. The van der Waals surface area contributed by atoms with Crippen LogP contribution in [-0.2, 0) is 23.9 Å². The molecule has 32 heavy (non-hydrogen) atoms. The van der Waals surface area contributed by atoms with Crippen molar-refractivity contribution in [3.63, 3.8) is 0 Å². The Balaban J connectivity index is 1.47. The van der Waals surface area contributed by atoms with Gasteiger partial charge in [0.1, 0.15) is 0 Å². The van der Waals surface area contributed by atoms with Gasteiger partial charge in [0.15, 0.2) is 4.34 Å². The van der Waals surface area contributed by atoms with Crippen LogP contribution in [0.5, 0.6) is 0 Å². The van der Waals surface area contributed by atoms with Crippen LogP contribution in [0.1, 0.15) is 31.7 Å². The Bertz CT molecular complexity index is 1030. The van der Waals surface area contributed by atoms with Crippen molar-refractivity contribution < 1.29 is 23.9 Å². The van der Waals surface area contributed by atoms with Gasteiger partial charge in [0.05, 0.1) is 55.2 Å². The molecule has 1 amide bonds. The van der Waals surface area contributed by atoms with Crippen molar-refractivity contribution in [1.29, 1.82) is 0 Å². The first kappa shape index (κ1) is 23.7. The first-order valence-corrected chi connectivity index (χ1v) is 11.7. The quantitative estimate of drug-likeness (QED) is 0.253. The maximum absolute atomic E-state index is 12.3. The highest BCUT2D eigenvalue weighted by molar-refractivity contribution is 8.01. The summed E-state index contributed by atoms with van der Waals surface area (Å²) in [5.74, 6) is -0.282. The minimum Gasteiger partial charge on any atom is -0.469 e. The maximum Gasteiger partial charge on any atom is 0.307 e. The van der Waals surface area contributed by atoms with E-state index in [1.807, 2.05) is 24.3 Å². The van der Waals surface area contributed by atoms with Crippen LogP contribution in [0.3, 0.4) is 0 Å². The molecule has 0 aliphatic carbocycles. The highest BCUT2D eigenvalue weighted by Gasteiger charge is 2.21. The Hall–Kier alpha value is -2.92. The maximum atomic E-state index is 12.3. The highest BCUT2D eigenvalue weighted by atomic mass is 32.2. The standard InChI is InChI=1S/C21H24N4O5S2/c1-29-19(27)10-15(11-20(28)30-2)25-13-14(12-22-25)23-18(26)8-5-9-31-21-24-16-6-3-4-7-17(16)32-21/h3-4,6-7,12-13,15H,5,8-11H2,1-2H3,(H,23,26). The minimum absolute atomic E-state index is 0.0380. The predicted octanol–water partition coefficient (Wildman–Crippen LogP) is 3.67. The number of esters is 2. The van der Waals surface area contributed by atoms with Gasteiger partial charge in [-0.15, -0.1) is 11.3 Å². The van der Waals surface area contributed by atoms with Crippen molar-refractivity contribution in [3.05, 3.63) is 36.7 Å². The third kappa shape index (κ3) is 6.79. The van der Waals surface area contributed by atoms with Gasteiger partial charge in [-0.3, -0.25) is 19.1 Å². The largest absolute Gasteiger partial charge is 0.469 e. The summed E-state index contributed by atoms with van der Waals surface area (Å²) in [5.41, 5.74) is 1.49. The monoisotopic (exact) mass is 476 g/mol. The van der Waals surface area contributed by atoms with E-state index in [1.54, 1.807) is 29.3 Å². The average molecular weight is 477 g/mol. The number of aromatic nitrogens is 3. The van der Waals surface area contributed by atoms with E-state index in [-0.39, 0.29) is 18.7 Å². The van der Waals surface area contributed by atoms with Gasteiger partial charge >= 0.3 is 11.9 Å². The molecule has 0 spiro atoms. The van der Waals surface area contributed by atoms with Crippen molar-refractivity contribution in [2.45, 2.75) is 36.1 Å². The number of hydrogen-bond donors (Lipinski definition) is 1. The minimum atomic E-state index is -0.564. The second-order valence-corrected chi connectivity index (χ2v) is 9.24. The molecule has 0 aliphatic rings. The molecule has 1 N–H and O–H groups in total. The molecule has 2 aromatic heterocycles. The zero-order chi connectivity index (χ0) is 22.9. The summed E-state index contributed by atoms with van der Waals surface area (Å²) in [5, 5.41) is 6.97. The second kappa shape index (κ2) is 11.6. The smallest absolute Gasteiger partial charge is 0.307 e. The van der Waals surface area contributed by atoms with Crippen molar-refractivity contribution >= 4 is 56.8 Å². The fourth-order valence-electron chi connectivity index (χ4n) is 2.94. The number of carbonyl (C=O) groups excluding carboxylic acids is 3. The molecule has 0 fully saturated rings. The molecule has 0 unspecified atom stereocenters. The molecule has 0 atom stereocenters. The van der Waals surface area contributed by atoms with Crippen LogP contribution in [-0.4, -0.2) is 52.6 Å². The average Bonchev–Trinajstić information content (AvgIpc) is 3.42. The Labute approximate surface area is 193 Å². The Morgan fingerprint density at radius 2 is 1.88 bits per heavy atom. The van der Waals surface area contributed by atoms with E-state index >= 15 is 0 Å². The van der Waals surface area contributed by atoms with Crippen molar-refractivity contribution in [1.82, 2.24) is 14.8 Å². The number of ether oxygens (including phenoxy) is 2. The number of rotatable bonds is 11. The second-order valence-electron chi connectivity index (χ2n) is 6.87. The van der Waals surface area contributed by atoms with E-state index in [2.05, 4.69) is 24.9 Å². The normalized spacial score (nSPS) is 11.0. The van der Waals surface area contributed by atoms with Gasteiger partial charge in [-0.2, -0.15) is 5.10 Å². The van der Waals surface area contributed by atoms with Crippen LogP contribution < -0.4 is 5.32 Å². The van der Waals surface area contributed by atoms with E-state index in [0.717, 1.165) is 20.3 Å². The molecule has 9 nitrogen and oxygen atoms in total. The number of carbonyl (C=O) groups is 3. The van der Waals surface area contributed by atoms with E-state index in [9.17, 15) is 14.4 Å². The van der Waals surface area contributed by atoms with Crippen LogP contribution in [0.4, 0.5) is 5.69 Å². The molecule has 2 heterocycles. The summed E-state index contributed by atoms with van der Waals surface area (Å²) in [6, 6.07) is 7.44. The van der Waals surface area contributed by atoms with Crippen LogP contribution in [0, 0.1) is 0 Å². The lowest BCUT2D eigenvalue weighted by Crippen LogP contribution is -2.19. The molecule has 0 saturated carbocycles. The molecule has 1 aromatic carbocycles. The highest BCUT2D eigenvalue weighted by Crippen LogP contribution is 2.29. The van der Waals surface area contributed by atoms with E-state index in [1.165, 1.54) is 25.1 Å². The molecular formula is C21H24N4O5S2. The number of hydrogen-bond acceptors (Lipinski definition) is 9. The Morgan fingerprint density at radius 3 is 2.56 bits per heavy atom. The van der Waals surface area contributed by atoms with Crippen LogP contribution in [0.2, 0.25) is 0 Å². The zero-order valence-corrected chi connectivity index (χ0v) is 19.4. The third-order valence-electron chi connectivity index (χ3n) is 4.57. The first-order valence-electron chi connectivity index (χ1n) is 9.94. The van der Waals surface area contributed by atoms with E-state index in [0.29, 0.717) is 18.5 Å². The fraction of sp³-hybridized carbons (Fsp3) is 0.381. The van der Waals surface area contributed by atoms with Gasteiger partial charge in [-0.05, 0) is 18.6 Å². The lowest BCUT2D eigenvalue weighted by atomic mass is 10.1. The molecule has 11 heteroatoms. The van der Waals surface area contributed by atoms with Crippen LogP contribution >= 0.6 is 23.1 Å². The number of nitrogens with zero attached hydrogens (tertiary/aromatic N) is 3. The summed E-state index contributed by atoms with van der Waals surface area (Å²) in [6.07, 6.45) is 4.05. The molecule has 0 aliphatic heterocycles. The van der Waals surface area contributed by atoms with E-state index in [4.69, 9.17) is 0 Å².